The molecule has 26 heavy (non-hydrogen) atoms. The third-order valence-electron chi connectivity index (χ3n) is 4.79. The number of hydrogen-bond donors (Lipinski definition) is 2. The van der Waals surface area contributed by atoms with E-state index in [-0.39, 0.29) is 36.1 Å². The summed E-state index contributed by atoms with van der Waals surface area (Å²) in [6, 6.07) is 1.36. The van der Waals surface area contributed by atoms with E-state index in [1.807, 2.05) is 25.7 Å². The van der Waals surface area contributed by atoms with Crippen LogP contribution in [0.2, 0.25) is 0 Å². The zero-order valence-electron chi connectivity index (χ0n) is 16.0. The van der Waals surface area contributed by atoms with Crippen LogP contribution < -0.4 is 5.32 Å². The Labute approximate surface area is 155 Å². The van der Waals surface area contributed by atoms with Gasteiger partial charge in [0.2, 0.25) is 0 Å². The van der Waals surface area contributed by atoms with Crippen molar-refractivity contribution in [3.8, 4) is 0 Å². The van der Waals surface area contributed by atoms with E-state index < -0.39 is 0 Å². The van der Waals surface area contributed by atoms with Gasteiger partial charge in [-0.1, -0.05) is 27.2 Å². The van der Waals surface area contributed by atoms with Crippen LogP contribution in [0.3, 0.4) is 0 Å². The fourth-order valence-electron chi connectivity index (χ4n) is 3.10. The van der Waals surface area contributed by atoms with E-state index in [2.05, 4.69) is 15.5 Å². The minimum atomic E-state index is -0.356. The fraction of sp³-hybridized carbons (Fsp3) is 0.684. The van der Waals surface area contributed by atoms with Gasteiger partial charge in [0, 0.05) is 13.1 Å². The zero-order chi connectivity index (χ0) is 19.1. The molecule has 0 aliphatic carbocycles. The highest BCUT2D eigenvalue weighted by molar-refractivity contribution is 5.96. The van der Waals surface area contributed by atoms with Crippen LogP contribution in [0, 0.1) is 5.92 Å². The SMILES string of the molecule is CCCc1cc(C(=O)N2CCCCC2)nnc1C(=O)NC(CO)C(C)C. The van der Waals surface area contributed by atoms with Crippen LogP contribution in [0.1, 0.15) is 73.0 Å². The van der Waals surface area contributed by atoms with Gasteiger partial charge in [-0.15, -0.1) is 10.2 Å². The minimum absolute atomic E-state index is 0.103. The van der Waals surface area contributed by atoms with Crippen molar-refractivity contribution in [3.63, 3.8) is 0 Å². The quantitative estimate of drug-likeness (QED) is 0.771. The number of nitrogens with zero attached hydrogens (tertiary/aromatic N) is 3. The molecule has 2 rings (SSSR count). The molecule has 1 atom stereocenters. The summed E-state index contributed by atoms with van der Waals surface area (Å²) in [5, 5.41) is 20.3. The molecule has 0 saturated carbocycles. The van der Waals surface area contributed by atoms with E-state index in [0.717, 1.165) is 44.3 Å². The molecule has 7 heteroatoms. The van der Waals surface area contributed by atoms with Crippen LogP contribution in [-0.4, -0.2) is 57.8 Å². The number of amides is 2. The Morgan fingerprint density at radius 3 is 2.50 bits per heavy atom. The van der Waals surface area contributed by atoms with E-state index in [0.29, 0.717) is 12.1 Å². The average molecular weight is 362 g/mol. The Balaban J connectivity index is 2.22. The van der Waals surface area contributed by atoms with E-state index in [4.69, 9.17) is 0 Å². The summed E-state index contributed by atoms with van der Waals surface area (Å²) in [6.07, 6.45) is 4.65. The monoisotopic (exact) mass is 362 g/mol. The summed E-state index contributed by atoms with van der Waals surface area (Å²) < 4.78 is 0. The smallest absolute Gasteiger partial charge is 0.274 e. The Kier molecular flexibility index (Phi) is 7.50. The lowest BCUT2D eigenvalue weighted by Crippen LogP contribution is -2.42. The van der Waals surface area contributed by atoms with Crippen molar-refractivity contribution in [1.82, 2.24) is 20.4 Å². The lowest BCUT2D eigenvalue weighted by molar-refractivity contribution is 0.0715. The third-order valence-corrected chi connectivity index (χ3v) is 4.79. The number of likely N-dealkylation sites (tertiary alicyclic amines) is 1. The molecular formula is C19H30N4O3. The molecule has 0 aromatic carbocycles. The fourth-order valence-corrected chi connectivity index (χ4v) is 3.10. The van der Waals surface area contributed by atoms with Crippen molar-refractivity contribution in [2.45, 2.75) is 58.9 Å². The molecule has 2 amide bonds. The van der Waals surface area contributed by atoms with Gasteiger partial charge in [0.05, 0.1) is 12.6 Å². The second kappa shape index (κ2) is 9.62. The molecule has 1 saturated heterocycles. The van der Waals surface area contributed by atoms with Crippen molar-refractivity contribution in [2.75, 3.05) is 19.7 Å². The number of nitrogens with one attached hydrogen (secondary N) is 1. The molecule has 7 nitrogen and oxygen atoms in total. The number of aliphatic hydroxyl groups is 1. The highest BCUT2D eigenvalue weighted by atomic mass is 16.3. The van der Waals surface area contributed by atoms with Gasteiger partial charge in [-0.05, 0) is 43.2 Å². The Morgan fingerprint density at radius 1 is 1.23 bits per heavy atom. The maximum atomic E-state index is 12.6. The normalized spacial score (nSPS) is 15.8. The summed E-state index contributed by atoms with van der Waals surface area (Å²) in [6.45, 7) is 7.24. The van der Waals surface area contributed by atoms with Crippen LogP contribution in [0.15, 0.2) is 6.07 Å². The van der Waals surface area contributed by atoms with Crippen molar-refractivity contribution >= 4 is 11.8 Å². The number of aliphatic hydroxyl groups excluding tert-OH is 1. The van der Waals surface area contributed by atoms with Crippen LogP contribution in [0.5, 0.6) is 0 Å². The second-order valence-electron chi connectivity index (χ2n) is 7.21. The first-order chi connectivity index (χ1) is 12.5. The van der Waals surface area contributed by atoms with Crippen LogP contribution in [-0.2, 0) is 6.42 Å². The number of aryl methyl sites for hydroxylation is 1. The Hall–Kier alpha value is -2.02. The molecule has 1 unspecified atom stereocenters. The van der Waals surface area contributed by atoms with Crippen molar-refractivity contribution in [2.24, 2.45) is 5.92 Å². The van der Waals surface area contributed by atoms with Gasteiger partial charge in [-0.2, -0.15) is 0 Å². The van der Waals surface area contributed by atoms with Crippen LogP contribution in [0.4, 0.5) is 0 Å². The predicted molar refractivity (Wildman–Crippen MR) is 99.0 cm³/mol. The molecular weight excluding hydrogens is 332 g/mol. The van der Waals surface area contributed by atoms with Gasteiger partial charge in [-0.3, -0.25) is 9.59 Å². The second-order valence-corrected chi connectivity index (χ2v) is 7.21. The lowest BCUT2D eigenvalue weighted by Gasteiger charge is -2.26. The summed E-state index contributed by atoms with van der Waals surface area (Å²) >= 11 is 0. The zero-order valence-corrected chi connectivity index (χ0v) is 16.0. The van der Waals surface area contributed by atoms with Gasteiger partial charge in [0.25, 0.3) is 11.8 Å². The number of piperidine rings is 1. The molecule has 2 N–H and O–H groups in total. The number of aromatic nitrogens is 2. The number of rotatable bonds is 7. The molecule has 0 spiro atoms. The molecule has 2 heterocycles. The maximum absolute atomic E-state index is 12.6. The van der Waals surface area contributed by atoms with Gasteiger partial charge < -0.3 is 15.3 Å². The molecule has 0 radical (unpaired) electrons. The van der Waals surface area contributed by atoms with Crippen molar-refractivity contribution in [1.29, 1.82) is 0 Å². The molecule has 144 valence electrons. The Bertz CT molecular complexity index is 627. The number of carbonyl (C=O) groups is 2. The number of hydrogen-bond acceptors (Lipinski definition) is 5. The average Bonchev–Trinajstić information content (AvgIpc) is 2.66. The molecule has 1 aromatic heterocycles. The number of carbonyl (C=O) groups excluding carboxylic acids is 2. The predicted octanol–water partition coefficient (Wildman–Crippen LogP) is 1.80. The first-order valence-electron chi connectivity index (χ1n) is 9.55. The van der Waals surface area contributed by atoms with E-state index >= 15 is 0 Å². The van der Waals surface area contributed by atoms with Gasteiger partial charge >= 0.3 is 0 Å². The third kappa shape index (κ3) is 5.00. The molecule has 0 bridgehead atoms. The molecule has 1 fully saturated rings. The topological polar surface area (TPSA) is 95.4 Å². The van der Waals surface area contributed by atoms with E-state index in [1.54, 1.807) is 6.07 Å². The van der Waals surface area contributed by atoms with Crippen LogP contribution in [0.25, 0.3) is 0 Å². The standard InChI is InChI=1S/C19H30N4O3/c1-4-8-14-11-15(19(26)23-9-6-5-7-10-23)21-22-17(14)18(25)20-16(12-24)13(2)3/h11,13,16,24H,4-10,12H2,1-3H3,(H,20,25). The van der Waals surface area contributed by atoms with Gasteiger partial charge in [0.15, 0.2) is 11.4 Å². The molecule has 1 aliphatic heterocycles. The Morgan fingerprint density at radius 2 is 1.92 bits per heavy atom. The van der Waals surface area contributed by atoms with Crippen molar-refractivity contribution < 1.29 is 14.7 Å². The van der Waals surface area contributed by atoms with E-state index in [9.17, 15) is 14.7 Å². The largest absolute Gasteiger partial charge is 0.394 e. The summed E-state index contributed by atoms with van der Waals surface area (Å²) in [5.74, 6) is -0.367. The highest BCUT2D eigenvalue weighted by Gasteiger charge is 2.24. The minimum Gasteiger partial charge on any atom is -0.394 e. The summed E-state index contributed by atoms with van der Waals surface area (Å²) in [7, 11) is 0. The first kappa shape index (κ1) is 20.3. The van der Waals surface area contributed by atoms with E-state index in [1.165, 1.54) is 0 Å². The lowest BCUT2D eigenvalue weighted by atomic mass is 10.0. The van der Waals surface area contributed by atoms with Crippen LogP contribution >= 0.6 is 0 Å². The highest BCUT2D eigenvalue weighted by Crippen LogP contribution is 2.15. The first-order valence-corrected chi connectivity index (χ1v) is 9.55. The molecule has 1 aromatic rings. The van der Waals surface area contributed by atoms with Gasteiger partial charge in [0.1, 0.15) is 0 Å². The van der Waals surface area contributed by atoms with Crippen molar-refractivity contribution in [3.05, 3.63) is 23.0 Å². The maximum Gasteiger partial charge on any atom is 0.274 e. The summed E-state index contributed by atoms with van der Waals surface area (Å²) in [4.78, 5) is 27.0. The van der Waals surface area contributed by atoms with Gasteiger partial charge in [-0.25, -0.2) is 0 Å². The molecule has 1 aliphatic rings. The summed E-state index contributed by atoms with van der Waals surface area (Å²) in [5.41, 5.74) is 1.26.